The monoisotopic (exact) mass is 434 g/mol. The summed E-state index contributed by atoms with van der Waals surface area (Å²) in [6.45, 7) is 5.77. The average Bonchev–Trinajstić information content (AvgIpc) is 3.23. The van der Waals surface area contributed by atoms with E-state index in [9.17, 15) is 9.59 Å². The van der Waals surface area contributed by atoms with Gasteiger partial charge in [0.15, 0.2) is 0 Å². The van der Waals surface area contributed by atoms with Crippen molar-refractivity contribution < 1.29 is 14.3 Å². The fourth-order valence-corrected chi connectivity index (χ4v) is 4.82. The van der Waals surface area contributed by atoms with Crippen LogP contribution in [-0.2, 0) is 13.0 Å². The van der Waals surface area contributed by atoms with Crippen LogP contribution in [0.25, 0.3) is 0 Å². The Bertz CT molecular complexity index is 1060. The van der Waals surface area contributed by atoms with Crippen LogP contribution >= 0.6 is 11.3 Å². The van der Waals surface area contributed by atoms with Crippen molar-refractivity contribution in [3.05, 3.63) is 87.1 Å². The molecule has 1 aromatic heterocycles. The molecule has 4 rings (SSSR count). The van der Waals surface area contributed by atoms with E-state index in [0.717, 1.165) is 23.3 Å². The highest BCUT2D eigenvalue weighted by Crippen LogP contribution is 2.29. The lowest BCUT2D eigenvalue weighted by Crippen LogP contribution is -2.35. The summed E-state index contributed by atoms with van der Waals surface area (Å²) in [6.07, 6.45) is 0.778. The van der Waals surface area contributed by atoms with Crippen LogP contribution in [-0.4, -0.2) is 29.9 Å². The van der Waals surface area contributed by atoms with Gasteiger partial charge in [-0.3, -0.25) is 9.59 Å². The quantitative estimate of drug-likeness (QED) is 0.604. The minimum atomic E-state index is -0.113. The number of rotatable bonds is 6. The van der Waals surface area contributed by atoms with Gasteiger partial charge in [0.1, 0.15) is 5.75 Å². The van der Waals surface area contributed by atoms with Gasteiger partial charge in [0.2, 0.25) is 0 Å². The van der Waals surface area contributed by atoms with Gasteiger partial charge in [-0.15, -0.1) is 11.3 Å². The van der Waals surface area contributed by atoms with Crippen molar-refractivity contribution in [2.45, 2.75) is 32.9 Å². The SMILES string of the molecule is CCOc1ccc(C(C)NC(=O)c2cc3c(s2)CCN(C(=O)c2ccccc2)C3)cc1. The van der Waals surface area contributed by atoms with Crippen molar-refractivity contribution in [2.75, 3.05) is 13.2 Å². The van der Waals surface area contributed by atoms with Gasteiger partial charge in [-0.25, -0.2) is 0 Å². The summed E-state index contributed by atoms with van der Waals surface area (Å²) < 4.78 is 5.48. The Balaban J connectivity index is 1.41. The zero-order valence-corrected chi connectivity index (χ0v) is 18.6. The Kier molecular flexibility index (Phi) is 6.37. The van der Waals surface area contributed by atoms with Gasteiger partial charge in [0.05, 0.1) is 17.5 Å². The van der Waals surface area contributed by atoms with E-state index in [1.807, 2.05) is 79.4 Å². The minimum Gasteiger partial charge on any atom is -0.494 e. The molecule has 3 aromatic rings. The molecule has 0 aliphatic carbocycles. The average molecular weight is 435 g/mol. The maximum absolute atomic E-state index is 12.8. The molecular weight excluding hydrogens is 408 g/mol. The number of nitrogens with one attached hydrogen (secondary N) is 1. The molecule has 0 fully saturated rings. The Hall–Kier alpha value is -3.12. The molecule has 0 bridgehead atoms. The summed E-state index contributed by atoms with van der Waals surface area (Å²) in [5.41, 5.74) is 2.79. The zero-order valence-electron chi connectivity index (χ0n) is 17.8. The highest BCUT2D eigenvalue weighted by atomic mass is 32.1. The van der Waals surface area contributed by atoms with E-state index in [-0.39, 0.29) is 17.9 Å². The molecular formula is C25H26N2O3S. The molecule has 2 heterocycles. The first kappa shape index (κ1) is 21.1. The van der Waals surface area contributed by atoms with Gasteiger partial charge >= 0.3 is 0 Å². The van der Waals surface area contributed by atoms with Gasteiger partial charge in [-0.1, -0.05) is 30.3 Å². The smallest absolute Gasteiger partial charge is 0.261 e. The predicted molar refractivity (Wildman–Crippen MR) is 123 cm³/mol. The van der Waals surface area contributed by atoms with Gasteiger partial charge in [-0.2, -0.15) is 0 Å². The third-order valence-electron chi connectivity index (χ3n) is 5.44. The highest BCUT2D eigenvalue weighted by Gasteiger charge is 2.25. The fourth-order valence-electron chi connectivity index (χ4n) is 3.75. The number of benzene rings is 2. The van der Waals surface area contributed by atoms with Crippen LogP contribution in [0.2, 0.25) is 0 Å². The Morgan fingerprint density at radius 1 is 1.13 bits per heavy atom. The van der Waals surface area contributed by atoms with Crippen molar-refractivity contribution in [3.8, 4) is 5.75 Å². The van der Waals surface area contributed by atoms with Crippen LogP contribution in [0.1, 0.15) is 55.9 Å². The lowest BCUT2D eigenvalue weighted by Gasteiger charge is -2.27. The summed E-state index contributed by atoms with van der Waals surface area (Å²) in [6, 6.07) is 19.0. The number of carbonyl (C=O) groups excluding carboxylic acids is 2. The van der Waals surface area contributed by atoms with Crippen molar-refractivity contribution in [1.82, 2.24) is 10.2 Å². The summed E-state index contributed by atoms with van der Waals surface area (Å²) >= 11 is 1.53. The molecule has 1 aliphatic heterocycles. The third-order valence-corrected chi connectivity index (χ3v) is 6.67. The molecule has 5 nitrogen and oxygen atoms in total. The number of hydrogen-bond donors (Lipinski definition) is 1. The Morgan fingerprint density at radius 2 is 1.87 bits per heavy atom. The molecule has 2 amide bonds. The predicted octanol–water partition coefficient (Wildman–Crippen LogP) is 4.84. The van der Waals surface area contributed by atoms with Crippen molar-refractivity contribution >= 4 is 23.2 Å². The first-order valence-electron chi connectivity index (χ1n) is 10.5. The second kappa shape index (κ2) is 9.35. The number of fused-ring (bicyclic) bond motifs is 1. The lowest BCUT2D eigenvalue weighted by molar-refractivity contribution is 0.0736. The summed E-state index contributed by atoms with van der Waals surface area (Å²) in [5.74, 6) is 0.777. The molecule has 1 N–H and O–H groups in total. The number of ether oxygens (including phenoxy) is 1. The number of hydrogen-bond acceptors (Lipinski definition) is 4. The van der Waals surface area contributed by atoms with Crippen LogP contribution in [0, 0.1) is 0 Å². The standard InChI is InChI=1S/C25H26N2O3S/c1-3-30-21-11-9-18(10-12-21)17(2)26-24(28)23-15-20-16-27(14-13-22(20)31-23)25(29)19-7-5-4-6-8-19/h4-12,15,17H,3,13-14,16H2,1-2H3,(H,26,28). The molecule has 160 valence electrons. The fraction of sp³-hybridized carbons (Fsp3) is 0.280. The summed E-state index contributed by atoms with van der Waals surface area (Å²) in [7, 11) is 0. The van der Waals surface area contributed by atoms with E-state index in [2.05, 4.69) is 5.32 Å². The summed E-state index contributed by atoms with van der Waals surface area (Å²) in [4.78, 5) is 29.3. The first-order valence-corrected chi connectivity index (χ1v) is 11.4. The van der Waals surface area contributed by atoms with Crippen LogP contribution in [0.3, 0.4) is 0 Å². The molecule has 0 saturated heterocycles. The van der Waals surface area contributed by atoms with E-state index in [0.29, 0.717) is 30.1 Å². The molecule has 0 spiro atoms. The maximum Gasteiger partial charge on any atom is 0.261 e. The second-order valence-corrected chi connectivity index (χ2v) is 8.74. The molecule has 1 unspecified atom stereocenters. The number of amides is 2. The lowest BCUT2D eigenvalue weighted by atomic mass is 10.1. The first-order chi connectivity index (χ1) is 15.0. The Morgan fingerprint density at radius 3 is 2.58 bits per heavy atom. The maximum atomic E-state index is 12.8. The van der Waals surface area contributed by atoms with E-state index in [4.69, 9.17) is 4.74 Å². The summed E-state index contributed by atoms with van der Waals surface area (Å²) in [5, 5.41) is 3.08. The topological polar surface area (TPSA) is 58.6 Å². The van der Waals surface area contributed by atoms with Crippen LogP contribution in [0.5, 0.6) is 5.75 Å². The van der Waals surface area contributed by atoms with Gasteiger partial charge in [0, 0.05) is 23.5 Å². The molecule has 1 atom stereocenters. The molecule has 0 saturated carbocycles. The van der Waals surface area contributed by atoms with Gasteiger partial charge in [0.25, 0.3) is 11.8 Å². The molecule has 1 aliphatic rings. The number of nitrogens with zero attached hydrogens (tertiary/aromatic N) is 1. The molecule has 6 heteroatoms. The number of carbonyl (C=O) groups is 2. The zero-order chi connectivity index (χ0) is 21.8. The van der Waals surface area contributed by atoms with Crippen LogP contribution in [0.4, 0.5) is 0 Å². The van der Waals surface area contributed by atoms with E-state index in [1.54, 1.807) is 0 Å². The van der Waals surface area contributed by atoms with Crippen molar-refractivity contribution in [3.63, 3.8) is 0 Å². The molecule has 31 heavy (non-hydrogen) atoms. The second-order valence-electron chi connectivity index (χ2n) is 7.60. The van der Waals surface area contributed by atoms with Crippen molar-refractivity contribution in [1.29, 1.82) is 0 Å². The third kappa shape index (κ3) is 4.80. The van der Waals surface area contributed by atoms with E-state index < -0.39 is 0 Å². The molecule has 0 radical (unpaired) electrons. The highest BCUT2D eigenvalue weighted by molar-refractivity contribution is 7.14. The van der Waals surface area contributed by atoms with Crippen LogP contribution in [0.15, 0.2) is 60.7 Å². The van der Waals surface area contributed by atoms with Gasteiger partial charge < -0.3 is 15.0 Å². The Labute approximate surface area is 186 Å². The van der Waals surface area contributed by atoms with Gasteiger partial charge in [-0.05, 0) is 61.7 Å². The van der Waals surface area contributed by atoms with E-state index >= 15 is 0 Å². The largest absolute Gasteiger partial charge is 0.494 e. The van der Waals surface area contributed by atoms with E-state index in [1.165, 1.54) is 16.2 Å². The normalized spacial score (nSPS) is 13.9. The molecule has 2 aromatic carbocycles. The number of thiophene rings is 1. The van der Waals surface area contributed by atoms with Crippen LogP contribution < -0.4 is 10.1 Å². The van der Waals surface area contributed by atoms with Crippen molar-refractivity contribution in [2.24, 2.45) is 0 Å². The minimum absolute atomic E-state index is 0.0348.